The summed E-state index contributed by atoms with van der Waals surface area (Å²) < 4.78 is 0. The molecule has 0 radical (unpaired) electrons. The third-order valence-electron chi connectivity index (χ3n) is 4.52. The van der Waals surface area contributed by atoms with Crippen molar-refractivity contribution < 1.29 is 14.7 Å². The molecule has 150 valence electrons. The molecule has 0 unspecified atom stereocenters. The van der Waals surface area contributed by atoms with Crippen molar-refractivity contribution in [3.05, 3.63) is 65.0 Å². The third kappa shape index (κ3) is 3.87. The summed E-state index contributed by atoms with van der Waals surface area (Å²) in [4.78, 5) is 28.3. The number of rotatable bonds is 5. The highest BCUT2D eigenvalue weighted by Gasteiger charge is 2.36. The minimum atomic E-state index is -1.02. The van der Waals surface area contributed by atoms with Gasteiger partial charge in [-0.2, -0.15) is 20.3 Å². The molecule has 8 nitrogen and oxygen atoms in total. The van der Waals surface area contributed by atoms with Crippen LogP contribution in [0.4, 0.5) is 10.8 Å². The first-order valence-corrected chi connectivity index (χ1v) is 9.96. The van der Waals surface area contributed by atoms with Gasteiger partial charge in [-0.05, 0) is 38.1 Å². The first-order chi connectivity index (χ1) is 14.4. The van der Waals surface area contributed by atoms with Crippen LogP contribution in [0.1, 0.15) is 22.8 Å². The third-order valence-corrected chi connectivity index (χ3v) is 5.34. The molecule has 1 atom stereocenters. The monoisotopic (exact) mass is 419 g/mol. The summed E-state index contributed by atoms with van der Waals surface area (Å²) in [6, 6.07) is 13.1. The van der Waals surface area contributed by atoms with Gasteiger partial charge in [0.05, 0.1) is 22.7 Å². The summed E-state index contributed by atoms with van der Waals surface area (Å²) >= 11 is 1.33. The number of carboxylic acid groups (broad SMARTS) is 1. The van der Waals surface area contributed by atoms with Crippen LogP contribution >= 0.6 is 11.3 Å². The fraction of sp³-hybridized carbons (Fsp3) is 0.143. The molecule has 0 saturated carbocycles. The van der Waals surface area contributed by atoms with E-state index in [2.05, 4.69) is 20.3 Å². The lowest BCUT2D eigenvalue weighted by Gasteiger charge is -2.08. The van der Waals surface area contributed by atoms with E-state index in [9.17, 15) is 9.59 Å². The first kappa shape index (κ1) is 19.6. The summed E-state index contributed by atoms with van der Waals surface area (Å²) in [5.74, 6) is -1.35. The molecule has 0 bridgehead atoms. The standard InChI is InChI=1S/C21H17N5O3S/c1-12-3-5-14(6-4-12)17-11-30-21(22-17)26-19(27)18(13(2)25-26)24-23-16-9-7-15(8-10-16)20(28)29/h3-11,18H,1-2H3,(H,28,29)/t18-/m0/s1. The second kappa shape index (κ2) is 7.96. The van der Waals surface area contributed by atoms with Crippen LogP contribution in [0.3, 0.4) is 0 Å². The first-order valence-electron chi connectivity index (χ1n) is 9.08. The van der Waals surface area contributed by atoms with Crippen LogP contribution in [-0.2, 0) is 4.79 Å². The van der Waals surface area contributed by atoms with Gasteiger partial charge in [0.25, 0.3) is 5.91 Å². The van der Waals surface area contributed by atoms with Crippen molar-refractivity contribution in [1.82, 2.24) is 4.98 Å². The molecular formula is C21H17N5O3S. The van der Waals surface area contributed by atoms with Gasteiger partial charge in [-0.3, -0.25) is 4.79 Å². The number of aromatic nitrogens is 1. The predicted octanol–water partition coefficient (Wildman–Crippen LogP) is 4.69. The molecule has 2 heterocycles. The van der Waals surface area contributed by atoms with E-state index in [0.29, 0.717) is 16.5 Å². The van der Waals surface area contributed by atoms with Gasteiger partial charge in [-0.1, -0.05) is 29.8 Å². The van der Waals surface area contributed by atoms with E-state index in [1.165, 1.54) is 40.6 Å². The maximum absolute atomic E-state index is 12.8. The summed E-state index contributed by atoms with van der Waals surface area (Å²) in [5, 5.41) is 25.0. The number of nitrogens with zero attached hydrogens (tertiary/aromatic N) is 5. The van der Waals surface area contributed by atoms with Crippen molar-refractivity contribution >= 4 is 39.7 Å². The molecule has 1 aliphatic heterocycles. The highest BCUT2D eigenvalue weighted by molar-refractivity contribution is 7.14. The zero-order valence-electron chi connectivity index (χ0n) is 16.2. The van der Waals surface area contributed by atoms with E-state index < -0.39 is 12.0 Å². The van der Waals surface area contributed by atoms with E-state index in [0.717, 1.165) is 16.8 Å². The minimum Gasteiger partial charge on any atom is -0.478 e. The number of thiazole rings is 1. The average molecular weight is 419 g/mol. The van der Waals surface area contributed by atoms with Crippen molar-refractivity contribution in [3.8, 4) is 11.3 Å². The number of carbonyl (C=O) groups is 2. The van der Waals surface area contributed by atoms with E-state index in [1.54, 1.807) is 6.92 Å². The SMILES string of the molecule is CC1=NN(c2nc(-c3ccc(C)cc3)cs2)C(=O)[C@H]1N=Nc1ccc(C(=O)O)cc1. The zero-order valence-corrected chi connectivity index (χ0v) is 17.0. The number of carbonyl (C=O) groups excluding carboxylic acids is 1. The largest absolute Gasteiger partial charge is 0.478 e. The van der Waals surface area contributed by atoms with E-state index in [4.69, 9.17) is 5.11 Å². The molecule has 0 spiro atoms. The van der Waals surface area contributed by atoms with Gasteiger partial charge < -0.3 is 5.11 Å². The van der Waals surface area contributed by atoms with Gasteiger partial charge in [0.15, 0.2) is 6.04 Å². The molecule has 0 fully saturated rings. The summed E-state index contributed by atoms with van der Waals surface area (Å²) in [6.45, 7) is 3.73. The Morgan fingerprint density at radius 3 is 2.47 bits per heavy atom. The molecule has 30 heavy (non-hydrogen) atoms. The van der Waals surface area contributed by atoms with Crippen LogP contribution in [0.5, 0.6) is 0 Å². The lowest BCUT2D eigenvalue weighted by Crippen LogP contribution is -2.29. The molecule has 1 N–H and O–H groups in total. The predicted molar refractivity (Wildman–Crippen MR) is 115 cm³/mol. The molecule has 4 rings (SSSR count). The maximum atomic E-state index is 12.8. The lowest BCUT2D eigenvalue weighted by atomic mass is 10.1. The summed E-state index contributed by atoms with van der Waals surface area (Å²) in [6.07, 6.45) is 0. The molecule has 0 aliphatic carbocycles. The Kier molecular flexibility index (Phi) is 5.20. The number of hydrogen-bond acceptors (Lipinski definition) is 7. The van der Waals surface area contributed by atoms with Gasteiger partial charge in [-0.25, -0.2) is 9.78 Å². The molecule has 1 aliphatic rings. The van der Waals surface area contributed by atoms with Gasteiger partial charge in [0.2, 0.25) is 5.13 Å². The van der Waals surface area contributed by atoms with Crippen molar-refractivity contribution in [2.75, 3.05) is 5.01 Å². The Balaban J connectivity index is 1.51. The molecule has 0 saturated heterocycles. The van der Waals surface area contributed by atoms with Crippen LogP contribution in [-0.4, -0.2) is 33.7 Å². The van der Waals surface area contributed by atoms with Crippen LogP contribution in [0.25, 0.3) is 11.3 Å². The van der Waals surface area contributed by atoms with Crippen LogP contribution in [0.2, 0.25) is 0 Å². The molecule has 3 aromatic rings. The maximum Gasteiger partial charge on any atom is 0.335 e. The van der Waals surface area contributed by atoms with Crippen molar-refractivity contribution in [2.45, 2.75) is 19.9 Å². The van der Waals surface area contributed by atoms with Crippen molar-refractivity contribution in [3.63, 3.8) is 0 Å². The number of aromatic carboxylic acids is 1. The van der Waals surface area contributed by atoms with Crippen LogP contribution in [0.15, 0.2) is 69.2 Å². The van der Waals surface area contributed by atoms with Crippen LogP contribution < -0.4 is 5.01 Å². The second-order valence-corrected chi connectivity index (χ2v) is 7.58. The summed E-state index contributed by atoms with van der Waals surface area (Å²) in [7, 11) is 0. The van der Waals surface area contributed by atoms with E-state index in [-0.39, 0.29) is 11.5 Å². The number of amides is 1. The normalized spacial score (nSPS) is 16.3. The fourth-order valence-corrected chi connectivity index (χ4v) is 3.63. The van der Waals surface area contributed by atoms with Crippen LogP contribution in [0, 0.1) is 6.92 Å². The fourth-order valence-electron chi connectivity index (χ4n) is 2.84. The van der Waals surface area contributed by atoms with Gasteiger partial charge in [0, 0.05) is 10.9 Å². The molecule has 2 aromatic carbocycles. The molecular weight excluding hydrogens is 402 g/mol. The van der Waals surface area contributed by atoms with E-state index >= 15 is 0 Å². The number of benzene rings is 2. The summed E-state index contributed by atoms with van der Waals surface area (Å²) in [5.41, 5.74) is 4.03. The molecule has 9 heteroatoms. The lowest BCUT2D eigenvalue weighted by molar-refractivity contribution is -0.117. The molecule has 1 aromatic heterocycles. The highest BCUT2D eigenvalue weighted by atomic mass is 32.1. The van der Waals surface area contributed by atoms with E-state index in [1.807, 2.05) is 36.6 Å². The number of azo groups is 1. The van der Waals surface area contributed by atoms with Gasteiger partial charge in [0.1, 0.15) is 0 Å². The number of carboxylic acids is 1. The number of aryl methyl sites for hydroxylation is 1. The van der Waals surface area contributed by atoms with Gasteiger partial charge in [-0.15, -0.1) is 11.3 Å². The Morgan fingerprint density at radius 1 is 1.10 bits per heavy atom. The minimum absolute atomic E-state index is 0.156. The Morgan fingerprint density at radius 2 is 1.80 bits per heavy atom. The number of hydrogen-bond donors (Lipinski definition) is 1. The Bertz CT molecular complexity index is 1170. The van der Waals surface area contributed by atoms with Crippen molar-refractivity contribution in [2.24, 2.45) is 15.3 Å². The quantitative estimate of drug-likeness (QED) is 0.605. The topological polar surface area (TPSA) is 108 Å². The van der Waals surface area contributed by atoms with Crippen molar-refractivity contribution in [1.29, 1.82) is 0 Å². The number of anilines is 1. The smallest absolute Gasteiger partial charge is 0.335 e. The Hall–Kier alpha value is -3.72. The number of hydrazone groups is 1. The molecule has 1 amide bonds. The highest BCUT2D eigenvalue weighted by Crippen LogP contribution is 2.30. The van der Waals surface area contributed by atoms with Gasteiger partial charge >= 0.3 is 5.97 Å². The zero-order chi connectivity index (χ0) is 21.3. The average Bonchev–Trinajstić information content (AvgIpc) is 3.32. The Labute approximate surface area is 176 Å². The second-order valence-electron chi connectivity index (χ2n) is 6.74.